The maximum atomic E-state index is 5.55. The maximum absolute atomic E-state index is 5.55. The Morgan fingerprint density at radius 2 is 2.05 bits per heavy atom. The fraction of sp³-hybridized carbons (Fsp3) is 0.692. The number of nitrogens with two attached hydrogens (primary N) is 1. The van der Waals surface area contributed by atoms with E-state index in [0.717, 1.165) is 23.6 Å². The van der Waals surface area contributed by atoms with Gasteiger partial charge in [-0.25, -0.2) is 15.8 Å². The fourth-order valence-corrected chi connectivity index (χ4v) is 2.58. The first-order chi connectivity index (χ1) is 9.02. The highest BCUT2D eigenvalue weighted by Gasteiger charge is 2.20. The summed E-state index contributed by atoms with van der Waals surface area (Å²) in [6.45, 7) is 6.48. The molecule has 0 aliphatic carbocycles. The van der Waals surface area contributed by atoms with E-state index in [4.69, 9.17) is 5.84 Å². The van der Waals surface area contributed by atoms with Gasteiger partial charge in [0, 0.05) is 18.7 Å². The van der Waals surface area contributed by atoms with Crippen molar-refractivity contribution in [2.45, 2.75) is 39.2 Å². The molecule has 1 atom stereocenters. The van der Waals surface area contributed by atoms with Crippen LogP contribution in [0.15, 0.2) is 6.33 Å². The predicted octanol–water partition coefficient (Wildman–Crippen LogP) is 2.46. The lowest BCUT2D eigenvalue weighted by Gasteiger charge is -2.29. The second-order valence-corrected chi connectivity index (χ2v) is 5.99. The average molecular weight is 283 g/mol. The van der Waals surface area contributed by atoms with Gasteiger partial charge in [0.15, 0.2) is 0 Å². The predicted molar refractivity (Wildman–Crippen MR) is 84.8 cm³/mol. The zero-order valence-corrected chi connectivity index (χ0v) is 13.3. The highest BCUT2D eigenvalue weighted by atomic mass is 32.2. The van der Waals surface area contributed by atoms with Gasteiger partial charge < -0.3 is 10.3 Å². The van der Waals surface area contributed by atoms with Crippen molar-refractivity contribution in [3.8, 4) is 0 Å². The zero-order valence-electron chi connectivity index (χ0n) is 12.5. The van der Waals surface area contributed by atoms with Gasteiger partial charge in [-0.15, -0.1) is 0 Å². The molecule has 1 unspecified atom stereocenters. The van der Waals surface area contributed by atoms with Crippen LogP contribution in [0, 0.1) is 0 Å². The highest BCUT2D eigenvalue weighted by molar-refractivity contribution is 7.98. The molecule has 1 heterocycles. The monoisotopic (exact) mass is 283 g/mol. The number of anilines is 2. The molecule has 108 valence electrons. The van der Waals surface area contributed by atoms with Crippen LogP contribution in [-0.4, -0.2) is 35.1 Å². The third-order valence-corrected chi connectivity index (χ3v) is 3.96. The quantitative estimate of drug-likeness (QED) is 0.592. The Morgan fingerprint density at radius 1 is 1.37 bits per heavy atom. The van der Waals surface area contributed by atoms with Crippen molar-refractivity contribution in [3.63, 3.8) is 0 Å². The maximum Gasteiger partial charge on any atom is 0.148 e. The molecule has 3 N–H and O–H groups in total. The van der Waals surface area contributed by atoms with Gasteiger partial charge in [-0.2, -0.15) is 11.8 Å². The second-order valence-electron chi connectivity index (χ2n) is 5.00. The highest BCUT2D eigenvalue weighted by Crippen LogP contribution is 2.31. The van der Waals surface area contributed by atoms with Gasteiger partial charge in [0.1, 0.15) is 18.0 Å². The number of rotatable bonds is 7. The van der Waals surface area contributed by atoms with Gasteiger partial charge in [-0.05, 0) is 31.3 Å². The van der Waals surface area contributed by atoms with E-state index in [9.17, 15) is 0 Å². The summed E-state index contributed by atoms with van der Waals surface area (Å²) in [5, 5.41) is 0. The van der Waals surface area contributed by atoms with Crippen LogP contribution in [0.2, 0.25) is 0 Å². The van der Waals surface area contributed by atoms with Crippen LogP contribution in [0.25, 0.3) is 0 Å². The summed E-state index contributed by atoms with van der Waals surface area (Å²) in [7, 11) is 2.08. The number of nitrogens with one attached hydrogen (secondary N) is 1. The Kier molecular flexibility index (Phi) is 6.37. The SMILES string of the molecule is CSCCC(C)N(C)c1ncnc(NN)c1C(C)C. The van der Waals surface area contributed by atoms with E-state index in [0.29, 0.717) is 17.8 Å². The Hall–Kier alpha value is -1.01. The van der Waals surface area contributed by atoms with Crippen LogP contribution in [0.3, 0.4) is 0 Å². The summed E-state index contributed by atoms with van der Waals surface area (Å²) >= 11 is 1.87. The summed E-state index contributed by atoms with van der Waals surface area (Å²) < 4.78 is 0. The number of hydrogen-bond donors (Lipinski definition) is 2. The molecule has 0 aromatic carbocycles. The lowest BCUT2D eigenvalue weighted by Crippen LogP contribution is -2.31. The third-order valence-electron chi connectivity index (χ3n) is 3.31. The summed E-state index contributed by atoms with van der Waals surface area (Å²) in [6.07, 6.45) is 4.83. The molecule has 0 radical (unpaired) electrons. The lowest BCUT2D eigenvalue weighted by atomic mass is 10.0. The molecule has 5 nitrogen and oxygen atoms in total. The first kappa shape index (κ1) is 16.0. The minimum absolute atomic E-state index is 0.317. The first-order valence-corrected chi connectivity index (χ1v) is 7.95. The Labute approximate surface area is 120 Å². The van der Waals surface area contributed by atoms with E-state index in [1.54, 1.807) is 6.33 Å². The van der Waals surface area contributed by atoms with Gasteiger partial charge in [0.2, 0.25) is 0 Å². The molecule has 6 heteroatoms. The van der Waals surface area contributed by atoms with Crippen molar-refractivity contribution < 1.29 is 0 Å². The molecule has 1 aromatic rings. The smallest absolute Gasteiger partial charge is 0.148 e. The fourth-order valence-electron chi connectivity index (χ4n) is 2.00. The van der Waals surface area contributed by atoms with E-state index in [-0.39, 0.29) is 0 Å². The van der Waals surface area contributed by atoms with Crippen molar-refractivity contribution in [3.05, 3.63) is 11.9 Å². The molecular weight excluding hydrogens is 258 g/mol. The summed E-state index contributed by atoms with van der Waals surface area (Å²) in [5.74, 6) is 8.69. The Bertz CT molecular complexity index is 397. The van der Waals surface area contributed by atoms with Gasteiger partial charge in [0.05, 0.1) is 0 Å². The molecule has 0 saturated heterocycles. The van der Waals surface area contributed by atoms with Crippen molar-refractivity contribution in [1.82, 2.24) is 9.97 Å². The molecule has 0 fully saturated rings. The number of hydrazine groups is 1. The Morgan fingerprint density at radius 3 is 2.58 bits per heavy atom. The molecule has 0 amide bonds. The van der Waals surface area contributed by atoms with Crippen molar-refractivity contribution >= 4 is 23.4 Å². The molecule has 0 saturated carbocycles. The van der Waals surface area contributed by atoms with Crippen LogP contribution in [0.5, 0.6) is 0 Å². The molecule has 0 bridgehead atoms. The molecule has 1 aromatic heterocycles. The standard InChI is InChI=1S/C13H25N5S/c1-9(2)11-12(17-14)15-8-16-13(11)18(4)10(3)6-7-19-5/h8-10H,6-7,14H2,1-5H3,(H,15,16,17). The van der Waals surface area contributed by atoms with Crippen LogP contribution >= 0.6 is 11.8 Å². The number of nitrogen functional groups attached to an aromatic ring is 1. The van der Waals surface area contributed by atoms with Crippen molar-refractivity contribution in [1.29, 1.82) is 0 Å². The number of hydrogen-bond acceptors (Lipinski definition) is 6. The summed E-state index contributed by atoms with van der Waals surface area (Å²) in [6, 6.07) is 0.436. The van der Waals surface area contributed by atoms with E-state index < -0.39 is 0 Å². The minimum Gasteiger partial charge on any atom is -0.357 e. The van der Waals surface area contributed by atoms with Gasteiger partial charge in [0.25, 0.3) is 0 Å². The van der Waals surface area contributed by atoms with Crippen LogP contribution < -0.4 is 16.2 Å². The number of thioether (sulfide) groups is 1. The number of nitrogens with zero attached hydrogens (tertiary/aromatic N) is 3. The third kappa shape index (κ3) is 3.98. The largest absolute Gasteiger partial charge is 0.357 e. The molecule has 1 rings (SSSR count). The van der Waals surface area contributed by atoms with Gasteiger partial charge in [-0.1, -0.05) is 13.8 Å². The van der Waals surface area contributed by atoms with Gasteiger partial charge >= 0.3 is 0 Å². The topological polar surface area (TPSA) is 67.1 Å². The molecular formula is C13H25N5S. The van der Waals surface area contributed by atoms with E-state index in [1.165, 1.54) is 0 Å². The van der Waals surface area contributed by atoms with Gasteiger partial charge in [-0.3, -0.25) is 0 Å². The lowest BCUT2D eigenvalue weighted by molar-refractivity contribution is 0.654. The van der Waals surface area contributed by atoms with E-state index >= 15 is 0 Å². The van der Waals surface area contributed by atoms with E-state index in [1.807, 2.05) is 11.8 Å². The molecule has 0 aliphatic heterocycles. The van der Waals surface area contributed by atoms with Crippen molar-refractivity contribution in [2.24, 2.45) is 5.84 Å². The normalized spacial score (nSPS) is 12.6. The van der Waals surface area contributed by atoms with Crippen LogP contribution in [0.1, 0.15) is 38.7 Å². The first-order valence-electron chi connectivity index (χ1n) is 6.56. The molecule has 19 heavy (non-hydrogen) atoms. The number of aromatic nitrogens is 2. The molecule has 0 spiro atoms. The van der Waals surface area contributed by atoms with Crippen LogP contribution in [0.4, 0.5) is 11.6 Å². The summed E-state index contributed by atoms with van der Waals surface area (Å²) in [5.41, 5.74) is 3.75. The molecule has 0 aliphatic rings. The minimum atomic E-state index is 0.317. The Balaban J connectivity index is 3.04. The van der Waals surface area contributed by atoms with E-state index in [2.05, 4.69) is 54.4 Å². The van der Waals surface area contributed by atoms with Crippen molar-refractivity contribution in [2.75, 3.05) is 29.4 Å². The zero-order chi connectivity index (χ0) is 14.4. The average Bonchev–Trinajstić information content (AvgIpc) is 2.42. The van der Waals surface area contributed by atoms with Crippen LogP contribution in [-0.2, 0) is 0 Å². The summed E-state index contributed by atoms with van der Waals surface area (Å²) in [4.78, 5) is 10.9. The second kappa shape index (κ2) is 7.55.